The molecule has 1 aromatic heterocycles. The van der Waals surface area contributed by atoms with Crippen LogP contribution >= 0.6 is 0 Å². The molecule has 3 aliphatic rings. The van der Waals surface area contributed by atoms with Crippen LogP contribution in [0.15, 0.2) is 48.5 Å². The Balaban J connectivity index is 1.49. The van der Waals surface area contributed by atoms with Crippen molar-refractivity contribution in [1.82, 2.24) is 14.8 Å². The normalized spacial score (nSPS) is 24.3. The van der Waals surface area contributed by atoms with E-state index in [0.717, 1.165) is 61.6 Å². The van der Waals surface area contributed by atoms with E-state index in [1.54, 1.807) is 7.11 Å². The lowest BCUT2D eigenvalue weighted by atomic mass is 9.82. The first-order valence-corrected chi connectivity index (χ1v) is 12.9. The highest BCUT2D eigenvalue weighted by Crippen LogP contribution is 2.43. The van der Waals surface area contributed by atoms with Crippen LogP contribution < -0.4 is 10.1 Å². The summed E-state index contributed by atoms with van der Waals surface area (Å²) in [6, 6.07) is 16.3. The van der Waals surface area contributed by atoms with Crippen molar-refractivity contribution in [2.24, 2.45) is 0 Å². The number of amides is 2. The van der Waals surface area contributed by atoms with Crippen molar-refractivity contribution in [3.8, 4) is 5.75 Å². The van der Waals surface area contributed by atoms with Gasteiger partial charge in [-0.2, -0.15) is 0 Å². The molecular formula is C29H33N3O3. The number of nitrogens with one attached hydrogen (secondary N) is 1. The Bertz CT molecular complexity index is 1310. The minimum atomic E-state index is -1.00. The Kier molecular flexibility index (Phi) is 5.35. The highest BCUT2D eigenvalue weighted by molar-refractivity contribution is 6.04. The van der Waals surface area contributed by atoms with E-state index in [9.17, 15) is 9.59 Å². The second-order valence-electron chi connectivity index (χ2n) is 10.6. The van der Waals surface area contributed by atoms with Crippen LogP contribution in [0.1, 0.15) is 73.1 Å². The van der Waals surface area contributed by atoms with Gasteiger partial charge < -0.3 is 19.5 Å². The van der Waals surface area contributed by atoms with E-state index in [1.165, 1.54) is 11.1 Å². The molecule has 1 N–H and O–H groups in total. The number of benzene rings is 2. The van der Waals surface area contributed by atoms with Crippen molar-refractivity contribution in [3.63, 3.8) is 0 Å². The van der Waals surface area contributed by atoms with E-state index in [1.807, 2.05) is 46.7 Å². The molecule has 2 atom stereocenters. The van der Waals surface area contributed by atoms with E-state index in [-0.39, 0.29) is 23.9 Å². The molecule has 1 saturated carbocycles. The Morgan fingerprint density at radius 1 is 1.06 bits per heavy atom. The van der Waals surface area contributed by atoms with Crippen LogP contribution in [-0.4, -0.2) is 40.0 Å². The SMILES string of the molecule is COc1ccc2cc3n(c2c1)C[C@@](C)(C(=O)NC1CCCC1)N([C@H]1CCCc2ccccc21)C3=O. The van der Waals surface area contributed by atoms with Crippen LogP contribution in [0.2, 0.25) is 0 Å². The average Bonchev–Trinajstić information content (AvgIpc) is 3.51. The van der Waals surface area contributed by atoms with Gasteiger partial charge in [-0.1, -0.05) is 37.1 Å². The van der Waals surface area contributed by atoms with Crippen LogP contribution in [0.4, 0.5) is 0 Å². The standard InChI is InChI=1S/C29H33N3O3/c1-29(28(34)30-21-10-4-5-11-21)18-31-25-17-22(35-2)15-14-20(25)16-26(31)27(33)32(29)24-13-7-9-19-8-3-6-12-23(19)24/h3,6,8,12,14-17,21,24H,4-5,7,9-11,13,18H2,1-2H3,(H,30,34)/t24-,29-/m0/s1. The topological polar surface area (TPSA) is 63.6 Å². The first-order valence-electron chi connectivity index (χ1n) is 12.9. The van der Waals surface area contributed by atoms with Gasteiger partial charge in [0.1, 0.15) is 17.0 Å². The average molecular weight is 472 g/mol. The Hall–Kier alpha value is -3.28. The lowest BCUT2D eigenvalue weighted by Crippen LogP contribution is -2.65. The summed E-state index contributed by atoms with van der Waals surface area (Å²) in [6.07, 6.45) is 7.20. The largest absolute Gasteiger partial charge is 0.497 e. The van der Waals surface area contributed by atoms with Crippen LogP contribution in [0.25, 0.3) is 10.9 Å². The smallest absolute Gasteiger partial charge is 0.271 e. The molecule has 0 unspecified atom stereocenters. The van der Waals surface area contributed by atoms with Crippen molar-refractivity contribution in [3.05, 3.63) is 65.4 Å². The monoisotopic (exact) mass is 471 g/mol. The summed E-state index contributed by atoms with van der Waals surface area (Å²) in [5.41, 5.74) is 3.03. The number of carbonyl (C=O) groups excluding carboxylic acids is 2. The number of fused-ring (bicyclic) bond motifs is 4. The minimum absolute atomic E-state index is 0.0452. The molecule has 0 saturated heterocycles. The molecule has 0 radical (unpaired) electrons. The van der Waals surface area contributed by atoms with Crippen molar-refractivity contribution in [2.45, 2.75) is 76.0 Å². The molecule has 1 fully saturated rings. The Morgan fingerprint density at radius 3 is 2.66 bits per heavy atom. The summed E-state index contributed by atoms with van der Waals surface area (Å²) in [5, 5.41) is 4.31. The summed E-state index contributed by atoms with van der Waals surface area (Å²) < 4.78 is 7.49. The molecule has 2 amide bonds. The fourth-order valence-electron chi connectivity index (χ4n) is 6.51. The van der Waals surface area contributed by atoms with Crippen molar-refractivity contribution in [2.75, 3.05) is 7.11 Å². The summed E-state index contributed by atoms with van der Waals surface area (Å²) in [4.78, 5) is 30.3. The van der Waals surface area contributed by atoms with Gasteiger partial charge in [-0.05, 0) is 68.4 Å². The maximum absolute atomic E-state index is 14.3. The highest BCUT2D eigenvalue weighted by atomic mass is 16.5. The van der Waals surface area contributed by atoms with Gasteiger partial charge in [0, 0.05) is 17.5 Å². The summed E-state index contributed by atoms with van der Waals surface area (Å²) >= 11 is 0. The number of hydrogen-bond acceptors (Lipinski definition) is 3. The molecule has 2 heterocycles. The number of carbonyl (C=O) groups is 2. The molecule has 35 heavy (non-hydrogen) atoms. The second-order valence-corrected chi connectivity index (χ2v) is 10.6. The zero-order valence-corrected chi connectivity index (χ0v) is 20.5. The van der Waals surface area contributed by atoms with Crippen LogP contribution in [-0.2, 0) is 17.8 Å². The zero-order chi connectivity index (χ0) is 24.2. The van der Waals surface area contributed by atoms with Gasteiger partial charge in [-0.25, -0.2) is 0 Å². The third-order valence-electron chi connectivity index (χ3n) is 8.38. The molecule has 2 aromatic carbocycles. The van der Waals surface area contributed by atoms with E-state index in [0.29, 0.717) is 12.2 Å². The van der Waals surface area contributed by atoms with Crippen molar-refractivity contribution < 1.29 is 14.3 Å². The minimum Gasteiger partial charge on any atom is -0.497 e. The summed E-state index contributed by atoms with van der Waals surface area (Å²) in [5.74, 6) is 0.625. The summed E-state index contributed by atoms with van der Waals surface area (Å²) in [7, 11) is 1.65. The third kappa shape index (κ3) is 3.53. The number of hydrogen-bond donors (Lipinski definition) is 1. The van der Waals surface area contributed by atoms with Gasteiger partial charge in [0.25, 0.3) is 5.91 Å². The molecule has 2 aliphatic carbocycles. The highest BCUT2D eigenvalue weighted by Gasteiger charge is 2.51. The van der Waals surface area contributed by atoms with Crippen LogP contribution in [0, 0.1) is 0 Å². The molecule has 1 aliphatic heterocycles. The van der Waals surface area contributed by atoms with Crippen LogP contribution in [0.5, 0.6) is 5.75 Å². The second kappa shape index (κ2) is 8.43. The van der Waals surface area contributed by atoms with Gasteiger partial charge in [0.15, 0.2) is 0 Å². The fourth-order valence-corrected chi connectivity index (χ4v) is 6.51. The van der Waals surface area contributed by atoms with E-state index in [4.69, 9.17) is 4.74 Å². The molecule has 6 nitrogen and oxygen atoms in total. The number of aryl methyl sites for hydroxylation is 1. The van der Waals surface area contributed by atoms with Gasteiger partial charge >= 0.3 is 0 Å². The maximum atomic E-state index is 14.3. The lowest BCUT2D eigenvalue weighted by molar-refractivity contribution is -0.135. The number of ether oxygens (including phenoxy) is 1. The van der Waals surface area contributed by atoms with Gasteiger partial charge in [0.2, 0.25) is 5.91 Å². The summed E-state index contributed by atoms with van der Waals surface area (Å²) in [6.45, 7) is 2.38. The molecule has 182 valence electrons. The molecular weight excluding hydrogens is 438 g/mol. The molecule has 6 rings (SSSR count). The van der Waals surface area contributed by atoms with Crippen LogP contribution in [0.3, 0.4) is 0 Å². The molecule has 3 aromatic rings. The Morgan fingerprint density at radius 2 is 1.86 bits per heavy atom. The maximum Gasteiger partial charge on any atom is 0.271 e. The lowest BCUT2D eigenvalue weighted by Gasteiger charge is -2.49. The number of rotatable bonds is 4. The third-order valence-corrected chi connectivity index (χ3v) is 8.38. The van der Waals surface area contributed by atoms with Gasteiger partial charge in [-0.3, -0.25) is 9.59 Å². The number of nitrogens with zero attached hydrogens (tertiary/aromatic N) is 2. The van der Waals surface area contributed by atoms with Gasteiger partial charge in [0.05, 0.1) is 25.2 Å². The predicted octanol–water partition coefficient (Wildman–Crippen LogP) is 5.00. The van der Waals surface area contributed by atoms with Gasteiger partial charge in [-0.15, -0.1) is 0 Å². The van der Waals surface area contributed by atoms with E-state index < -0.39 is 5.54 Å². The van der Waals surface area contributed by atoms with Crippen molar-refractivity contribution in [1.29, 1.82) is 0 Å². The first kappa shape index (κ1) is 22.2. The van der Waals surface area contributed by atoms with Crippen molar-refractivity contribution >= 4 is 22.7 Å². The molecule has 6 heteroatoms. The predicted molar refractivity (Wildman–Crippen MR) is 136 cm³/mol. The Labute approximate surface area is 206 Å². The fraction of sp³-hybridized carbons (Fsp3) is 0.448. The quantitative estimate of drug-likeness (QED) is 0.582. The number of aromatic nitrogens is 1. The molecule has 0 bridgehead atoms. The molecule has 0 spiro atoms. The van der Waals surface area contributed by atoms with E-state index >= 15 is 0 Å². The van der Waals surface area contributed by atoms with E-state index in [2.05, 4.69) is 23.5 Å². The zero-order valence-electron chi connectivity index (χ0n) is 20.5. The first-order chi connectivity index (χ1) is 17.0. The number of methoxy groups -OCH3 is 1.